The van der Waals surface area contributed by atoms with Gasteiger partial charge in [-0.2, -0.15) is 4.98 Å². The first-order valence-electron chi connectivity index (χ1n) is 4.44. The van der Waals surface area contributed by atoms with E-state index in [4.69, 9.17) is 11.5 Å². The van der Waals surface area contributed by atoms with E-state index in [1.807, 2.05) is 0 Å². The molecule has 0 atom stereocenters. The molecule has 0 amide bonds. The van der Waals surface area contributed by atoms with Gasteiger partial charge in [-0.15, -0.1) is 29.9 Å². The molecule has 2 rings (SSSR count). The first kappa shape index (κ1) is 14.3. The number of nitrogens with one attached hydrogen (secondary N) is 1. The van der Waals surface area contributed by atoms with Crippen molar-refractivity contribution in [1.82, 2.24) is 15.2 Å². The number of hydrogen-bond acceptors (Lipinski definition) is 5. The molecule has 0 spiro atoms. The number of halogens is 2. The predicted octanol–water partition coefficient (Wildman–Crippen LogP) is 0.158. The van der Waals surface area contributed by atoms with Crippen molar-refractivity contribution in [2.24, 2.45) is 5.73 Å². The van der Waals surface area contributed by atoms with Gasteiger partial charge in [-0.25, -0.2) is 5.10 Å². The minimum absolute atomic E-state index is 0. The van der Waals surface area contributed by atoms with Crippen LogP contribution in [0.25, 0.3) is 0 Å². The summed E-state index contributed by atoms with van der Waals surface area (Å²) in [6.45, 7) is 1.83. The summed E-state index contributed by atoms with van der Waals surface area (Å²) in [7, 11) is 0. The standard InChI is InChI=1S/C7H14N6.2ClH/c8-5-1-3-13(4-2-5)7-10-6(9)11-12-7;;/h5H,1-4,8H2,(H3,9,10,11,12);2*1H. The molecule has 15 heavy (non-hydrogen) atoms. The maximum atomic E-state index is 5.78. The lowest BCUT2D eigenvalue weighted by Crippen LogP contribution is -2.40. The first-order chi connectivity index (χ1) is 6.25. The molecule has 0 radical (unpaired) electrons. The zero-order chi connectivity index (χ0) is 9.26. The second-order valence-electron chi connectivity index (χ2n) is 3.35. The highest BCUT2D eigenvalue weighted by molar-refractivity contribution is 5.85. The summed E-state index contributed by atoms with van der Waals surface area (Å²) in [5.74, 6) is 1.05. The molecule has 1 saturated heterocycles. The average molecular weight is 255 g/mol. The molecule has 1 aliphatic rings. The lowest BCUT2D eigenvalue weighted by Gasteiger charge is -2.28. The normalized spacial score (nSPS) is 16.7. The van der Waals surface area contributed by atoms with Crippen LogP contribution in [0.5, 0.6) is 0 Å². The van der Waals surface area contributed by atoms with E-state index in [9.17, 15) is 0 Å². The van der Waals surface area contributed by atoms with Crippen molar-refractivity contribution in [3.63, 3.8) is 0 Å². The quantitative estimate of drug-likeness (QED) is 0.664. The van der Waals surface area contributed by atoms with E-state index >= 15 is 0 Å². The number of H-pyrrole nitrogens is 1. The molecule has 1 aromatic heterocycles. The Morgan fingerprint density at radius 2 is 1.87 bits per heavy atom. The first-order valence-corrected chi connectivity index (χ1v) is 4.44. The molecule has 1 aromatic rings. The van der Waals surface area contributed by atoms with E-state index in [0.29, 0.717) is 17.9 Å². The minimum atomic E-state index is 0. The fourth-order valence-electron chi connectivity index (χ4n) is 1.51. The molecular weight excluding hydrogens is 239 g/mol. The molecule has 5 N–H and O–H groups in total. The third-order valence-electron chi connectivity index (χ3n) is 2.31. The summed E-state index contributed by atoms with van der Waals surface area (Å²) in [6, 6.07) is 0.326. The molecule has 2 heterocycles. The number of nitrogens with zero attached hydrogens (tertiary/aromatic N) is 3. The Hall–Kier alpha value is -0.720. The van der Waals surface area contributed by atoms with Crippen LogP contribution < -0.4 is 16.4 Å². The van der Waals surface area contributed by atoms with Crippen LogP contribution in [0.15, 0.2) is 0 Å². The van der Waals surface area contributed by atoms with Crippen LogP contribution in [-0.4, -0.2) is 34.3 Å². The van der Waals surface area contributed by atoms with Gasteiger partial charge in [0, 0.05) is 19.1 Å². The summed E-state index contributed by atoms with van der Waals surface area (Å²) < 4.78 is 0. The predicted molar refractivity (Wildman–Crippen MR) is 64.7 cm³/mol. The lowest BCUT2D eigenvalue weighted by molar-refractivity contribution is 0.496. The van der Waals surface area contributed by atoms with Crippen LogP contribution in [0.3, 0.4) is 0 Å². The maximum absolute atomic E-state index is 5.78. The highest BCUT2D eigenvalue weighted by Crippen LogP contribution is 2.14. The van der Waals surface area contributed by atoms with Crippen LogP contribution in [-0.2, 0) is 0 Å². The van der Waals surface area contributed by atoms with Crippen molar-refractivity contribution in [1.29, 1.82) is 0 Å². The highest BCUT2D eigenvalue weighted by atomic mass is 35.5. The lowest BCUT2D eigenvalue weighted by atomic mass is 10.1. The molecule has 0 unspecified atom stereocenters. The van der Waals surface area contributed by atoms with Gasteiger partial charge in [0.15, 0.2) is 0 Å². The fourth-order valence-corrected chi connectivity index (χ4v) is 1.51. The van der Waals surface area contributed by atoms with Crippen molar-refractivity contribution in [2.45, 2.75) is 18.9 Å². The second kappa shape index (κ2) is 5.99. The van der Waals surface area contributed by atoms with E-state index in [1.54, 1.807) is 0 Å². The summed E-state index contributed by atoms with van der Waals surface area (Å²) in [5, 5.41) is 6.61. The van der Waals surface area contributed by atoms with E-state index in [1.165, 1.54) is 0 Å². The Morgan fingerprint density at radius 1 is 1.27 bits per heavy atom. The maximum Gasteiger partial charge on any atom is 0.246 e. The number of anilines is 2. The Bertz CT molecular complexity index is 283. The van der Waals surface area contributed by atoms with Gasteiger partial charge in [0.1, 0.15) is 0 Å². The molecular formula is C7H16Cl2N6. The van der Waals surface area contributed by atoms with Gasteiger partial charge in [-0.1, -0.05) is 0 Å². The average Bonchev–Trinajstić information content (AvgIpc) is 2.53. The monoisotopic (exact) mass is 254 g/mol. The number of piperidine rings is 1. The van der Waals surface area contributed by atoms with Crippen LogP contribution in [0, 0.1) is 0 Å². The van der Waals surface area contributed by atoms with E-state index in [-0.39, 0.29) is 24.8 Å². The number of aromatic amines is 1. The van der Waals surface area contributed by atoms with Crippen LogP contribution in [0.4, 0.5) is 11.9 Å². The zero-order valence-electron chi connectivity index (χ0n) is 8.22. The van der Waals surface area contributed by atoms with Crippen LogP contribution in [0.2, 0.25) is 0 Å². The summed E-state index contributed by atoms with van der Waals surface area (Å²) in [6.07, 6.45) is 1.99. The zero-order valence-corrected chi connectivity index (χ0v) is 9.85. The molecule has 0 aliphatic carbocycles. The molecule has 1 fully saturated rings. The summed E-state index contributed by atoms with van der Waals surface area (Å²) in [5.41, 5.74) is 11.2. The Morgan fingerprint density at radius 3 is 2.33 bits per heavy atom. The van der Waals surface area contributed by atoms with Crippen molar-refractivity contribution in [3.8, 4) is 0 Å². The largest absolute Gasteiger partial charge is 0.368 e. The number of nitrogen functional groups attached to an aromatic ring is 1. The van der Waals surface area contributed by atoms with Gasteiger partial charge >= 0.3 is 0 Å². The SMILES string of the molecule is Cl.Cl.Nc1nc(N2CCC(N)CC2)n[nH]1. The van der Waals surface area contributed by atoms with Crippen molar-refractivity contribution >= 4 is 36.7 Å². The Labute approximate surface area is 101 Å². The molecule has 88 valence electrons. The Kier molecular flexibility index (Phi) is 5.71. The van der Waals surface area contributed by atoms with Gasteiger partial charge in [0.05, 0.1) is 0 Å². The van der Waals surface area contributed by atoms with Crippen molar-refractivity contribution < 1.29 is 0 Å². The van der Waals surface area contributed by atoms with Gasteiger partial charge in [0.25, 0.3) is 0 Å². The third-order valence-corrected chi connectivity index (χ3v) is 2.31. The van der Waals surface area contributed by atoms with E-state index in [2.05, 4.69) is 20.1 Å². The van der Waals surface area contributed by atoms with Crippen LogP contribution in [0.1, 0.15) is 12.8 Å². The molecule has 0 aromatic carbocycles. The minimum Gasteiger partial charge on any atom is -0.368 e. The third kappa shape index (κ3) is 3.40. The molecule has 0 saturated carbocycles. The van der Waals surface area contributed by atoms with Crippen molar-refractivity contribution in [2.75, 3.05) is 23.7 Å². The number of hydrogen-bond donors (Lipinski definition) is 3. The number of aromatic nitrogens is 3. The van der Waals surface area contributed by atoms with E-state index in [0.717, 1.165) is 25.9 Å². The van der Waals surface area contributed by atoms with Crippen LogP contribution >= 0.6 is 24.8 Å². The molecule has 8 heteroatoms. The smallest absolute Gasteiger partial charge is 0.246 e. The number of nitrogens with two attached hydrogens (primary N) is 2. The van der Waals surface area contributed by atoms with Gasteiger partial charge in [-0.3, -0.25) is 0 Å². The molecule has 1 aliphatic heterocycles. The number of rotatable bonds is 1. The van der Waals surface area contributed by atoms with Gasteiger partial charge in [-0.05, 0) is 12.8 Å². The molecule has 0 bridgehead atoms. The molecule has 6 nitrogen and oxygen atoms in total. The topological polar surface area (TPSA) is 96.8 Å². The highest BCUT2D eigenvalue weighted by Gasteiger charge is 2.18. The van der Waals surface area contributed by atoms with Gasteiger partial charge in [0.2, 0.25) is 11.9 Å². The fraction of sp³-hybridized carbons (Fsp3) is 0.714. The van der Waals surface area contributed by atoms with E-state index < -0.39 is 0 Å². The Balaban J connectivity index is 0.000000980. The van der Waals surface area contributed by atoms with Gasteiger partial charge < -0.3 is 16.4 Å². The summed E-state index contributed by atoms with van der Waals surface area (Å²) >= 11 is 0. The second-order valence-corrected chi connectivity index (χ2v) is 3.35. The summed E-state index contributed by atoms with van der Waals surface area (Å²) in [4.78, 5) is 6.15. The van der Waals surface area contributed by atoms with Crippen molar-refractivity contribution in [3.05, 3.63) is 0 Å².